The summed E-state index contributed by atoms with van der Waals surface area (Å²) in [4.78, 5) is 14.5. The highest BCUT2D eigenvalue weighted by Gasteiger charge is 2.38. The number of unbranched alkanes of at least 4 members (excludes halogenated alkanes) is 1. The molecule has 0 bridgehead atoms. The molecule has 2 aromatic rings. The smallest absolute Gasteiger partial charge is 0.142 e. The molecule has 4 rings (SSSR count). The predicted octanol–water partition coefficient (Wildman–Crippen LogP) is 3.13. The van der Waals surface area contributed by atoms with Crippen LogP contribution in [0.4, 0.5) is 5.82 Å². The van der Waals surface area contributed by atoms with Gasteiger partial charge in [-0.2, -0.15) is 0 Å². The summed E-state index contributed by atoms with van der Waals surface area (Å²) in [6.45, 7) is 4.15. The van der Waals surface area contributed by atoms with Gasteiger partial charge in [0.2, 0.25) is 0 Å². The molecule has 1 saturated heterocycles. The number of fused-ring (bicyclic) bond motifs is 1. The molecule has 0 aromatic carbocycles. The van der Waals surface area contributed by atoms with Gasteiger partial charge in [-0.3, -0.25) is 0 Å². The maximum absolute atomic E-state index is 6.36. The second kappa shape index (κ2) is 5.88. The van der Waals surface area contributed by atoms with Gasteiger partial charge in [0.05, 0.1) is 17.6 Å². The second-order valence-corrected chi connectivity index (χ2v) is 6.62. The van der Waals surface area contributed by atoms with Gasteiger partial charge in [-0.15, -0.1) is 0 Å². The fraction of sp³-hybridized carbons (Fsp3) is 0.647. The van der Waals surface area contributed by atoms with Gasteiger partial charge in [-0.05, 0) is 31.2 Å². The van der Waals surface area contributed by atoms with Crippen LogP contribution in [0.25, 0.3) is 11.0 Å². The molecule has 1 saturated carbocycles. The number of morpholine rings is 1. The first-order valence-corrected chi connectivity index (χ1v) is 8.53. The van der Waals surface area contributed by atoms with Crippen molar-refractivity contribution < 1.29 is 4.74 Å². The Morgan fingerprint density at radius 3 is 3.05 bits per heavy atom. The summed E-state index contributed by atoms with van der Waals surface area (Å²) >= 11 is 0. The number of nitrogens with zero attached hydrogens (tertiary/aromatic N) is 3. The van der Waals surface area contributed by atoms with Crippen molar-refractivity contribution in [2.75, 3.05) is 18.0 Å². The van der Waals surface area contributed by atoms with Crippen LogP contribution in [-0.4, -0.2) is 40.2 Å². The molecule has 2 aliphatic rings. The number of anilines is 1. The van der Waals surface area contributed by atoms with Crippen LogP contribution < -0.4 is 4.90 Å². The van der Waals surface area contributed by atoms with E-state index in [9.17, 15) is 0 Å². The van der Waals surface area contributed by atoms with Gasteiger partial charge in [-0.25, -0.2) is 9.97 Å². The van der Waals surface area contributed by atoms with E-state index in [0.717, 1.165) is 42.3 Å². The van der Waals surface area contributed by atoms with Crippen LogP contribution in [-0.2, 0) is 4.74 Å². The SMILES string of the molecule is CCCC[C@@H]1CN(c2ncnc3[nH]ccc23)C[C@H](C2CC2)O1. The Bertz CT molecular complexity index is 636. The van der Waals surface area contributed by atoms with Gasteiger partial charge in [0.15, 0.2) is 0 Å². The van der Waals surface area contributed by atoms with E-state index in [4.69, 9.17) is 4.74 Å². The first-order valence-electron chi connectivity index (χ1n) is 8.53. The molecule has 22 heavy (non-hydrogen) atoms. The van der Waals surface area contributed by atoms with Gasteiger partial charge in [-0.1, -0.05) is 19.8 Å². The van der Waals surface area contributed by atoms with Crippen LogP contribution in [0.3, 0.4) is 0 Å². The third-order valence-electron chi connectivity index (χ3n) is 4.85. The molecule has 1 aliphatic carbocycles. The van der Waals surface area contributed by atoms with Crippen LogP contribution in [0.2, 0.25) is 0 Å². The minimum absolute atomic E-state index is 0.336. The predicted molar refractivity (Wildman–Crippen MR) is 87.0 cm³/mol. The number of ether oxygens (including phenoxy) is 1. The van der Waals surface area contributed by atoms with Crippen LogP contribution in [0.1, 0.15) is 39.0 Å². The molecule has 1 aliphatic heterocycles. The van der Waals surface area contributed by atoms with E-state index in [1.165, 1.54) is 25.7 Å². The highest BCUT2D eigenvalue weighted by molar-refractivity contribution is 5.87. The summed E-state index contributed by atoms with van der Waals surface area (Å²) in [7, 11) is 0. The fourth-order valence-electron chi connectivity index (χ4n) is 3.47. The van der Waals surface area contributed by atoms with E-state index in [-0.39, 0.29) is 0 Å². The molecule has 3 heterocycles. The average molecular weight is 300 g/mol. The second-order valence-electron chi connectivity index (χ2n) is 6.62. The number of aromatic nitrogens is 3. The van der Waals surface area contributed by atoms with Crippen molar-refractivity contribution in [1.29, 1.82) is 0 Å². The van der Waals surface area contributed by atoms with Crippen LogP contribution in [0, 0.1) is 5.92 Å². The van der Waals surface area contributed by atoms with Gasteiger partial charge >= 0.3 is 0 Å². The Labute approximate surface area is 131 Å². The molecule has 2 atom stereocenters. The molecule has 1 N–H and O–H groups in total. The summed E-state index contributed by atoms with van der Waals surface area (Å²) in [6, 6.07) is 2.08. The summed E-state index contributed by atoms with van der Waals surface area (Å²) in [5.41, 5.74) is 0.921. The Morgan fingerprint density at radius 1 is 1.32 bits per heavy atom. The number of rotatable bonds is 5. The maximum Gasteiger partial charge on any atom is 0.142 e. The topological polar surface area (TPSA) is 54.0 Å². The van der Waals surface area contributed by atoms with Crippen LogP contribution >= 0.6 is 0 Å². The minimum Gasteiger partial charge on any atom is -0.371 e. The van der Waals surface area contributed by atoms with Crippen molar-refractivity contribution in [3.05, 3.63) is 18.6 Å². The number of aromatic amines is 1. The Morgan fingerprint density at radius 2 is 2.23 bits per heavy atom. The lowest BCUT2D eigenvalue weighted by atomic mass is 10.1. The molecule has 118 valence electrons. The zero-order chi connectivity index (χ0) is 14.9. The minimum atomic E-state index is 0.336. The van der Waals surface area contributed by atoms with Gasteiger partial charge in [0, 0.05) is 19.3 Å². The zero-order valence-electron chi connectivity index (χ0n) is 13.2. The lowest BCUT2D eigenvalue weighted by molar-refractivity contribution is -0.0411. The monoisotopic (exact) mass is 300 g/mol. The molecule has 0 spiro atoms. The summed E-state index contributed by atoms with van der Waals surface area (Å²) in [5.74, 6) is 1.82. The molecule has 0 amide bonds. The van der Waals surface area contributed by atoms with Crippen molar-refractivity contribution >= 4 is 16.9 Å². The number of H-pyrrole nitrogens is 1. The molecule has 5 nitrogen and oxygen atoms in total. The third kappa shape index (κ3) is 2.70. The molecule has 0 radical (unpaired) electrons. The van der Waals surface area contributed by atoms with Crippen molar-refractivity contribution in [3.63, 3.8) is 0 Å². The van der Waals surface area contributed by atoms with E-state index in [0.29, 0.717) is 12.2 Å². The highest BCUT2D eigenvalue weighted by Crippen LogP contribution is 2.38. The largest absolute Gasteiger partial charge is 0.371 e. The Balaban J connectivity index is 1.59. The van der Waals surface area contributed by atoms with E-state index < -0.39 is 0 Å². The Hall–Kier alpha value is -1.62. The Kier molecular flexibility index (Phi) is 3.74. The van der Waals surface area contributed by atoms with Crippen LogP contribution in [0.5, 0.6) is 0 Å². The van der Waals surface area contributed by atoms with E-state index in [2.05, 4.69) is 32.8 Å². The summed E-state index contributed by atoms with van der Waals surface area (Å²) in [5, 5.41) is 1.12. The molecule has 2 fully saturated rings. The molecular weight excluding hydrogens is 276 g/mol. The zero-order valence-corrected chi connectivity index (χ0v) is 13.2. The summed E-state index contributed by atoms with van der Waals surface area (Å²) < 4.78 is 6.36. The maximum atomic E-state index is 6.36. The van der Waals surface area contributed by atoms with Crippen molar-refractivity contribution in [2.45, 2.75) is 51.2 Å². The molecule has 0 unspecified atom stereocenters. The molecular formula is C17H24N4O. The standard InChI is InChI=1S/C17H24N4O/c1-2-3-4-13-9-21(10-15(22-13)12-5-6-12)17-14-7-8-18-16(14)19-11-20-17/h7-8,11-13,15H,2-6,9-10H2,1H3,(H,18,19,20)/t13-,15-/m1/s1. The van der Waals surface area contributed by atoms with Crippen molar-refractivity contribution in [1.82, 2.24) is 15.0 Å². The summed E-state index contributed by atoms with van der Waals surface area (Å²) in [6.07, 6.45) is 10.6. The lowest BCUT2D eigenvalue weighted by Gasteiger charge is -2.39. The van der Waals surface area contributed by atoms with Gasteiger partial charge in [0.25, 0.3) is 0 Å². The third-order valence-corrected chi connectivity index (χ3v) is 4.85. The molecule has 2 aromatic heterocycles. The van der Waals surface area contributed by atoms with Gasteiger partial charge in [0.1, 0.15) is 17.8 Å². The normalized spacial score (nSPS) is 25.8. The number of hydrogen-bond acceptors (Lipinski definition) is 4. The highest BCUT2D eigenvalue weighted by atomic mass is 16.5. The van der Waals surface area contributed by atoms with Crippen molar-refractivity contribution in [2.24, 2.45) is 5.92 Å². The number of hydrogen-bond donors (Lipinski definition) is 1. The number of nitrogens with one attached hydrogen (secondary N) is 1. The average Bonchev–Trinajstić information content (AvgIpc) is 3.29. The van der Waals surface area contributed by atoms with Gasteiger partial charge < -0.3 is 14.6 Å². The first-order chi connectivity index (χ1) is 10.8. The van der Waals surface area contributed by atoms with E-state index in [1.54, 1.807) is 6.33 Å². The fourth-order valence-corrected chi connectivity index (χ4v) is 3.47. The molecule has 5 heteroatoms. The van der Waals surface area contributed by atoms with E-state index >= 15 is 0 Å². The van der Waals surface area contributed by atoms with Crippen LogP contribution in [0.15, 0.2) is 18.6 Å². The van der Waals surface area contributed by atoms with Crippen molar-refractivity contribution in [3.8, 4) is 0 Å². The quantitative estimate of drug-likeness (QED) is 0.921. The van der Waals surface area contributed by atoms with E-state index in [1.807, 2.05) is 6.20 Å². The lowest BCUT2D eigenvalue weighted by Crippen LogP contribution is -2.49. The first kappa shape index (κ1) is 14.0.